The summed E-state index contributed by atoms with van der Waals surface area (Å²) in [5.74, 6) is 1.26. The minimum atomic E-state index is 0.109. The molecule has 0 bridgehead atoms. The number of aldehydes is 1. The van der Waals surface area contributed by atoms with E-state index >= 15 is 0 Å². The molecule has 0 N–H and O–H groups in total. The van der Waals surface area contributed by atoms with E-state index < -0.39 is 0 Å². The van der Waals surface area contributed by atoms with Crippen LogP contribution in [0.3, 0.4) is 0 Å². The summed E-state index contributed by atoms with van der Waals surface area (Å²) in [5.41, 5.74) is 3.23. The second kappa shape index (κ2) is 6.08. The van der Waals surface area contributed by atoms with Crippen molar-refractivity contribution in [1.29, 1.82) is 0 Å². The van der Waals surface area contributed by atoms with E-state index in [9.17, 15) is 4.79 Å². The molecule has 0 radical (unpaired) electrons. The topological polar surface area (TPSA) is 29.5 Å². The Balaban J connectivity index is 2.59. The smallest absolute Gasteiger partial charge is 0.150 e. The maximum absolute atomic E-state index is 11.2. The molecule has 3 heteroatoms. The molecule has 116 valence electrons. The van der Waals surface area contributed by atoms with Crippen LogP contribution in [0.2, 0.25) is 0 Å². The number of fused-ring (bicyclic) bond motifs is 1. The van der Waals surface area contributed by atoms with Gasteiger partial charge in [-0.15, -0.1) is 0 Å². The van der Waals surface area contributed by atoms with Crippen molar-refractivity contribution < 1.29 is 9.53 Å². The molecule has 0 saturated heterocycles. The van der Waals surface area contributed by atoms with Crippen molar-refractivity contribution >= 4 is 12.0 Å². The Hall–Kier alpha value is -1.51. The standard InChI is InChI=1S/C18H27NO2/c1-6-7-8-19-17-15(13(2)11-18(19,3)4)9-14(12-20)10-16(17)21-5/h9-10,12-13H,6-8,11H2,1-5H3. The van der Waals surface area contributed by atoms with Crippen LogP contribution in [0.15, 0.2) is 12.1 Å². The first-order valence-electron chi connectivity index (χ1n) is 7.89. The van der Waals surface area contributed by atoms with E-state index in [-0.39, 0.29) is 5.54 Å². The van der Waals surface area contributed by atoms with Gasteiger partial charge in [-0.05, 0) is 50.3 Å². The molecule has 3 nitrogen and oxygen atoms in total. The summed E-state index contributed by atoms with van der Waals surface area (Å²) < 4.78 is 5.61. The Labute approximate surface area is 128 Å². The average Bonchev–Trinajstić information content (AvgIpc) is 2.45. The summed E-state index contributed by atoms with van der Waals surface area (Å²) in [4.78, 5) is 13.7. The van der Waals surface area contributed by atoms with Crippen LogP contribution < -0.4 is 9.64 Å². The van der Waals surface area contributed by atoms with E-state index in [1.807, 2.05) is 12.1 Å². The number of hydrogen-bond donors (Lipinski definition) is 0. The molecule has 0 aromatic heterocycles. The number of anilines is 1. The van der Waals surface area contributed by atoms with Crippen LogP contribution in [-0.4, -0.2) is 25.5 Å². The van der Waals surface area contributed by atoms with Gasteiger partial charge in [0.15, 0.2) is 0 Å². The molecule has 1 aliphatic heterocycles. The second-order valence-electron chi connectivity index (χ2n) is 6.70. The largest absolute Gasteiger partial charge is 0.495 e. The zero-order chi connectivity index (χ0) is 15.6. The summed E-state index contributed by atoms with van der Waals surface area (Å²) >= 11 is 0. The average molecular weight is 289 g/mol. The highest BCUT2D eigenvalue weighted by molar-refractivity contribution is 5.81. The molecule has 0 spiro atoms. The molecule has 2 rings (SSSR count). The Morgan fingerprint density at radius 3 is 2.71 bits per heavy atom. The molecular weight excluding hydrogens is 262 g/mol. The molecule has 1 aromatic carbocycles. The number of carbonyl (C=O) groups is 1. The van der Waals surface area contributed by atoms with Crippen LogP contribution >= 0.6 is 0 Å². The van der Waals surface area contributed by atoms with E-state index in [0.717, 1.165) is 31.4 Å². The van der Waals surface area contributed by atoms with Gasteiger partial charge in [0.2, 0.25) is 0 Å². The van der Waals surface area contributed by atoms with Crippen LogP contribution in [0.4, 0.5) is 5.69 Å². The highest BCUT2D eigenvalue weighted by Gasteiger charge is 2.38. The van der Waals surface area contributed by atoms with Gasteiger partial charge < -0.3 is 9.64 Å². The molecule has 1 heterocycles. The minimum Gasteiger partial charge on any atom is -0.495 e. The molecule has 0 aliphatic carbocycles. The lowest BCUT2D eigenvalue weighted by Crippen LogP contribution is -2.49. The summed E-state index contributed by atoms with van der Waals surface area (Å²) in [6.07, 6.45) is 4.34. The Bertz CT molecular complexity index is 522. The van der Waals surface area contributed by atoms with Gasteiger partial charge in [0.1, 0.15) is 12.0 Å². The summed E-state index contributed by atoms with van der Waals surface area (Å²) in [6.45, 7) is 10.1. The molecule has 1 atom stereocenters. The first-order chi connectivity index (χ1) is 9.94. The van der Waals surface area contributed by atoms with Gasteiger partial charge in [0.05, 0.1) is 12.8 Å². The first-order valence-corrected chi connectivity index (χ1v) is 7.89. The number of methoxy groups -OCH3 is 1. The van der Waals surface area contributed by atoms with Crippen molar-refractivity contribution in [2.24, 2.45) is 0 Å². The van der Waals surface area contributed by atoms with Gasteiger partial charge in [-0.3, -0.25) is 4.79 Å². The van der Waals surface area contributed by atoms with E-state index in [2.05, 4.69) is 32.6 Å². The molecule has 1 aromatic rings. The number of nitrogens with zero attached hydrogens (tertiary/aromatic N) is 1. The van der Waals surface area contributed by atoms with Crippen LogP contribution in [0.5, 0.6) is 5.75 Å². The molecule has 1 aliphatic rings. The summed E-state index contributed by atoms with van der Waals surface area (Å²) in [7, 11) is 1.69. The fourth-order valence-corrected chi connectivity index (χ4v) is 3.54. The van der Waals surface area contributed by atoms with Gasteiger partial charge in [0.25, 0.3) is 0 Å². The van der Waals surface area contributed by atoms with Crippen molar-refractivity contribution in [1.82, 2.24) is 0 Å². The fraction of sp³-hybridized carbons (Fsp3) is 0.611. The number of ether oxygens (including phenoxy) is 1. The third-order valence-electron chi connectivity index (χ3n) is 4.56. The van der Waals surface area contributed by atoms with Crippen LogP contribution in [0.1, 0.15) is 68.8 Å². The van der Waals surface area contributed by atoms with Crippen molar-refractivity contribution in [3.8, 4) is 5.75 Å². The molecule has 0 saturated carbocycles. The van der Waals surface area contributed by atoms with E-state index in [4.69, 9.17) is 4.74 Å². The van der Waals surface area contributed by atoms with Gasteiger partial charge in [-0.25, -0.2) is 0 Å². The van der Waals surface area contributed by atoms with Crippen LogP contribution in [0.25, 0.3) is 0 Å². The van der Waals surface area contributed by atoms with E-state index in [1.165, 1.54) is 17.7 Å². The normalized spacial score (nSPS) is 20.0. The molecule has 21 heavy (non-hydrogen) atoms. The fourth-order valence-electron chi connectivity index (χ4n) is 3.54. The molecular formula is C18H27NO2. The van der Waals surface area contributed by atoms with Crippen molar-refractivity contribution in [2.75, 3.05) is 18.6 Å². The van der Waals surface area contributed by atoms with Gasteiger partial charge in [-0.1, -0.05) is 20.3 Å². The lowest BCUT2D eigenvalue weighted by molar-refractivity contribution is 0.112. The predicted octanol–water partition coefficient (Wildman–Crippen LogP) is 4.40. The maximum atomic E-state index is 11.2. The number of benzene rings is 1. The lowest BCUT2D eigenvalue weighted by atomic mass is 9.79. The van der Waals surface area contributed by atoms with Gasteiger partial charge in [-0.2, -0.15) is 0 Å². The quantitative estimate of drug-likeness (QED) is 0.752. The zero-order valence-electron chi connectivity index (χ0n) is 13.9. The number of hydrogen-bond acceptors (Lipinski definition) is 3. The van der Waals surface area contributed by atoms with Crippen molar-refractivity contribution in [3.63, 3.8) is 0 Å². The maximum Gasteiger partial charge on any atom is 0.150 e. The third-order valence-corrected chi connectivity index (χ3v) is 4.56. The molecule has 0 amide bonds. The third kappa shape index (κ3) is 2.92. The van der Waals surface area contributed by atoms with Crippen molar-refractivity contribution in [2.45, 2.75) is 58.4 Å². The van der Waals surface area contributed by atoms with Crippen molar-refractivity contribution in [3.05, 3.63) is 23.3 Å². The number of rotatable bonds is 5. The Kier molecular flexibility index (Phi) is 4.60. The first kappa shape index (κ1) is 15.9. The highest BCUT2D eigenvalue weighted by atomic mass is 16.5. The second-order valence-corrected chi connectivity index (χ2v) is 6.70. The Morgan fingerprint density at radius 2 is 2.14 bits per heavy atom. The van der Waals surface area contributed by atoms with Crippen LogP contribution in [0, 0.1) is 0 Å². The zero-order valence-corrected chi connectivity index (χ0v) is 13.9. The van der Waals surface area contributed by atoms with Gasteiger partial charge >= 0.3 is 0 Å². The predicted molar refractivity (Wildman–Crippen MR) is 87.7 cm³/mol. The molecule has 0 fully saturated rings. The lowest BCUT2D eigenvalue weighted by Gasteiger charge is -2.48. The summed E-state index contributed by atoms with van der Waals surface area (Å²) in [6, 6.07) is 3.89. The highest BCUT2D eigenvalue weighted by Crippen LogP contribution is 2.48. The van der Waals surface area contributed by atoms with Gasteiger partial charge in [0, 0.05) is 17.6 Å². The Morgan fingerprint density at radius 1 is 1.43 bits per heavy atom. The van der Waals surface area contributed by atoms with Crippen LogP contribution in [-0.2, 0) is 0 Å². The van der Waals surface area contributed by atoms with E-state index in [1.54, 1.807) is 7.11 Å². The monoisotopic (exact) mass is 289 g/mol. The van der Waals surface area contributed by atoms with E-state index in [0.29, 0.717) is 11.5 Å². The number of carbonyl (C=O) groups excluding carboxylic acids is 1. The minimum absolute atomic E-state index is 0.109. The SMILES string of the molecule is CCCCN1c2c(OC)cc(C=O)cc2C(C)CC1(C)C. The summed E-state index contributed by atoms with van der Waals surface area (Å²) in [5, 5.41) is 0. The number of unbranched alkanes of at least 4 members (excludes halogenated alkanes) is 1. The molecule has 1 unspecified atom stereocenters.